The van der Waals surface area contributed by atoms with Gasteiger partial charge < -0.3 is 9.47 Å². The monoisotopic (exact) mass is 520 g/mol. The van der Waals surface area contributed by atoms with Gasteiger partial charge in [-0.05, 0) is 68.4 Å². The number of esters is 2. The first kappa shape index (κ1) is 24.6. The van der Waals surface area contributed by atoms with Crippen LogP contribution >= 0.6 is 23.2 Å². The average molecular weight is 521 g/mol. The minimum absolute atomic E-state index is 0.230. The van der Waals surface area contributed by atoms with Crippen LogP contribution in [-0.4, -0.2) is 25.2 Å². The predicted molar refractivity (Wildman–Crippen MR) is 148 cm³/mol. The molecule has 0 bridgehead atoms. The first-order valence-electron chi connectivity index (χ1n) is 12.0. The van der Waals surface area contributed by atoms with Gasteiger partial charge in [-0.1, -0.05) is 75.2 Å². The fourth-order valence-corrected chi connectivity index (χ4v) is 5.30. The molecule has 0 unspecified atom stereocenters. The van der Waals surface area contributed by atoms with Gasteiger partial charge in [-0.2, -0.15) is 0 Å². The smallest absolute Gasteiger partial charge is 0.338 e. The summed E-state index contributed by atoms with van der Waals surface area (Å²) in [6, 6.07) is 14.6. The molecule has 4 nitrogen and oxygen atoms in total. The summed E-state index contributed by atoms with van der Waals surface area (Å²) in [4.78, 5) is 26.0. The molecule has 184 valence electrons. The van der Waals surface area contributed by atoms with Gasteiger partial charge in [0.05, 0.1) is 24.3 Å². The maximum Gasteiger partial charge on any atom is 0.338 e. The number of hydrogen-bond donors (Lipinski definition) is 0. The van der Waals surface area contributed by atoms with Gasteiger partial charge in [0.25, 0.3) is 0 Å². The molecule has 0 aromatic heterocycles. The number of carbonyl (C=O) groups is 2. The Balaban J connectivity index is 1.84. The molecule has 0 atom stereocenters. The van der Waals surface area contributed by atoms with E-state index in [0.29, 0.717) is 34.4 Å². The van der Waals surface area contributed by atoms with Crippen molar-refractivity contribution in [2.75, 3.05) is 13.2 Å². The molecule has 36 heavy (non-hydrogen) atoms. The Bertz CT molecular complexity index is 1530. The van der Waals surface area contributed by atoms with Crippen LogP contribution in [0.15, 0.2) is 48.5 Å². The van der Waals surface area contributed by atoms with Crippen LogP contribution in [0.4, 0.5) is 0 Å². The standard InChI is InChI=1S/C30H26Cl2O4/c1-15(2)13-35-29(33)19-5-7-21-25-17(19)9-11-23(31)27(25)22-8-6-20(30(34)36-14-16(3)4)18-10-12-24(32)28(21)26(18)22/h5-12,15-16H,13-14H2,1-4H3. The highest BCUT2D eigenvalue weighted by molar-refractivity contribution is 6.47. The summed E-state index contributed by atoms with van der Waals surface area (Å²) in [6.45, 7) is 8.67. The van der Waals surface area contributed by atoms with Crippen LogP contribution in [0, 0.1) is 11.8 Å². The first-order valence-corrected chi connectivity index (χ1v) is 12.8. The summed E-state index contributed by atoms with van der Waals surface area (Å²) in [7, 11) is 0. The quantitative estimate of drug-likeness (QED) is 0.127. The molecule has 0 aliphatic carbocycles. The molecule has 0 radical (unpaired) electrons. The van der Waals surface area contributed by atoms with Crippen LogP contribution in [0.25, 0.3) is 43.1 Å². The zero-order valence-electron chi connectivity index (χ0n) is 20.6. The van der Waals surface area contributed by atoms with Gasteiger partial charge in [0, 0.05) is 20.8 Å². The van der Waals surface area contributed by atoms with E-state index in [1.165, 1.54) is 0 Å². The molecular formula is C30H26Cl2O4. The Morgan fingerprint density at radius 2 is 0.944 bits per heavy atom. The minimum atomic E-state index is -0.373. The number of benzene rings is 5. The Hall–Kier alpha value is -3.08. The number of ether oxygens (including phenoxy) is 2. The molecule has 6 heteroatoms. The van der Waals surface area contributed by atoms with Crippen LogP contribution < -0.4 is 0 Å². The number of fused-ring (bicyclic) bond motifs is 2. The number of rotatable bonds is 6. The van der Waals surface area contributed by atoms with Crippen molar-refractivity contribution in [3.63, 3.8) is 0 Å². The van der Waals surface area contributed by atoms with Crippen molar-refractivity contribution < 1.29 is 19.1 Å². The van der Waals surface area contributed by atoms with Gasteiger partial charge in [-0.3, -0.25) is 0 Å². The van der Waals surface area contributed by atoms with Crippen molar-refractivity contribution in [1.82, 2.24) is 0 Å². The molecular weight excluding hydrogens is 495 g/mol. The molecule has 5 aromatic rings. The van der Waals surface area contributed by atoms with Crippen LogP contribution in [0.3, 0.4) is 0 Å². The summed E-state index contributed by atoms with van der Waals surface area (Å²) < 4.78 is 11.1. The molecule has 0 aliphatic heterocycles. The fourth-order valence-electron chi connectivity index (χ4n) is 4.78. The molecule has 0 spiro atoms. The highest BCUT2D eigenvalue weighted by Crippen LogP contribution is 2.46. The van der Waals surface area contributed by atoms with E-state index >= 15 is 0 Å². The molecule has 0 saturated carbocycles. The number of carbonyl (C=O) groups excluding carboxylic acids is 2. The number of halogens is 2. The summed E-state index contributed by atoms with van der Waals surface area (Å²) in [6.07, 6.45) is 0. The predicted octanol–water partition coefficient (Wildman–Crippen LogP) is 8.67. The van der Waals surface area contributed by atoms with E-state index in [4.69, 9.17) is 32.7 Å². The van der Waals surface area contributed by atoms with Crippen molar-refractivity contribution in [2.45, 2.75) is 27.7 Å². The Labute approximate surface area is 219 Å². The summed E-state index contributed by atoms with van der Waals surface area (Å²) in [5.74, 6) is -0.287. The van der Waals surface area contributed by atoms with E-state index in [9.17, 15) is 9.59 Å². The Morgan fingerprint density at radius 1 is 0.583 bits per heavy atom. The normalized spacial score (nSPS) is 12.0. The van der Waals surface area contributed by atoms with Gasteiger partial charge in [0.1, 0.15) is 0 Å². The van der Waals surface area contributed by atoms with E-state index in [0.717, 1.165) is 43.1 Å². The van der Waals surface area contributed by atoms with Crippen LogP contribution in [-0.2, 0) is 9.47 Å². The van der Waals surface area contributed by atoms with Crippen molar-refractivity contribution in [1.29, 1.82) is 0 Å². The van der Waals surface area contributed by atoms with Gasteiger partial charge in [-0.15, -0.1) is 0 Å². The van der Waals surface area contributed by atoms with E-state index in [2.05, 4.69) is 0 Å². The van der Waals surface area contributed by atoms with Gasteiger partial charge in [-0.25, -0.2) is 9.59 Å². The third-order valence-electron chi connectivity index (χ3n) is 6.34. The van der Waals surface area contributed by atoms with E-state index in [-0.39, 0.29) is 23.8 Å². The lowest BCUT2D eigenvalue weighted by atomic mass is 9.87. The lowest BCUT2D eigenvalue weighted by Gasteiger charge is -2.19. The van der Waals surface area contributed by atoms with Crippen LogP contribution in [0.2, 0.25) is 10.0 Å². The van der Waals surface area contributed by atoms with E-state index < -0.39 is 0 Å². The van der Waals surface area contributed by atoms with Gasteiger partial charge in [0.2, 0.25) is 0 Å². The topological polar surface area (TPSA) is 52.6 Å². The largest absolute Gasteiger partial charge is 0.462 e. The first-order chi connectivity index (χ1) is 17.2. The molecule has 5 aromatic carbocycles. The van der Waals surface area contributed by atoms with Crippen molar-refractivity contribution >= 4 is 78.2 Å². The van der Waals surface area contributed by atoms with Gasteiger partial charge >= 0.3 is 11.9 Å². The van der Waals surface area contributed by atoms with Crippen molar-refractivity contribution in [3.05, 3.63) is 69.7 Å². The second-order valence-corrected chi connectivity index (χ2v) is 10.8. The molecule has 5 rings (SSSR count). The summed E-state index contributed by atoms with van der Waals surface area (Å²) in [5, 5.41) is 7.64. The highest BCUT2D eigenvalue weighted by atomic mass is 35.5. The molecule has 0 heterocycles. The SMILES string of the molecule is CC(C)COC(=O)c1ccc2c3c(Cl)ccc4c(C(=O)OCC(C)C)ccc(c5c(Cl)ccc1c25)c43. The zero-order valence-corrected chi connectivity index (χ0v) is 22.1. The summed E-state index contributed by atoms with van der Waals surface area (Å²) >= 11 is 13.6. The van der Waals surface area contributed by atoms with Crippen molar-refractivity contribution in [3.8, 4) is 0 Å². The highest BCUT2D eigenvalue weighted by Gasteiger charge is 2.23. The zero-order chi connectivity index (χ0) is 25.7. The van der Waals surface area contributed by atoms with E-state index in [1.54, 1.807) is 24.3 Å². The maximum absolute atomic E-state index is 13.0. The number of hydrogen-bond acceptors (Lipinski definition) is 4. The van der Waals surface area contributed by atoms with Crippen molar-refractivity contribution in [2.24, 2.45) is 11.8 Å². The molecule has 0 amide bonds. The molecule has 0 fully saturated rings. The maximum atomic E-state index is 13.0. The van der Waals surface area contributed by atoms with E-state index in [1.807, 2.05) is 52.0 Å². The fraction of sp³-hybridized carbons (Fsp3) is 0.267. The molecule has 0 aliphatic rings. The third-order valence-corrected chi connectivity index (χ3v) is 6.97. The minimum Gasteiger partial charge on any atom is -0.462 e. The second kappa shape index (κ2) is 9.42. The third kappa shape index (κ3) is 4.03. The Morgan fingerprint density at radius 3 is 1.31 bits per heavy atom. The molecule has 0 saturated heterocycles. The summed E-state index contributed by atoms with van der Waals surface area (Å²) in [5.41, 5.74) is 0.959. The lowest BCUT2D eigenvalue weighted by molar-refractivity contribution is 0.0453. The van der Waals surface area contributed by atoms with Crippen LogP contribution in [0.5, 0.6) is 0 Å². The average Bonchev–Trinajstić information content (AvgIpc) is 2.85. The lowest BCUT2D eigenvalue weighted by Crippen LogP contribution is -2.11. The van der Waals surface area contributed by atoms with Gasteiger partial charge in [0.15, 0.2) is 0 Å². The van der Waals surface area contributed by atoms with Crippen LogP contribution in [0.1, 0.15) is 48.4 Å². The second-order valence-electron chi connectivity index (χ2n) is 10.00. The molecule has 0 N–H and O–H groups in total. The Kier molecular flexibility index (Phi) is 6.44.